The average molecular weight is 307 g/mol. The number of carbonyl (C=O) groups excluding carboxylic acids is 1. The largest absolute Gasteiger partial charge is 0.326 e. The Morgan fingerprint density at radius 3 is 3.00 bits per heavy atom. The third-order valence-corrected chi connectivity index (χ3v) is 4.22. The normalized spacial score (nSPS) is 17.3. The molecule has 0 saturated carbocycles. The predicted octanol–water partition coefficient (Wildman–Crippen LogP) is 2.95. The zero-order valence-electron chi connectivity index (χ0n) is 13.0. The second-order valence-electron chi connectivity index (χ2n) is 6.20. The number of carbonyl (C=O) groups is 1. The molecule has 1 aliphatic heterocycles. The van der Waals surface area contributed by atoms with Crippen LogP contribution in [0.1, 0.15) is 49.2 Å². The first kappa shape index (κ1) is 13.9. The van der Waals surface area contributed by atoms with Gasteiger partial charge in [-0.3, -0.25) is 9.89 Å². The summed E-state index contributed by atoms with van der Waals surface area (Å²) in [6, 6.07) is 5.92. The van der Waals surface area contributed by atoms with Gasteiger partial charge in [-0.15, -0.1) is 0 Å². The zero-order valence-corrected chi connectivity index (χ0v) is 13.0. The van der Waals surface area contributed by atoms with Crippen molar-refractivity contribution >= 4 is 22.5 Å². The van der Waals surface area contributed by atoms with Crippen LogP contribution in [-0.4, -0.2) is 26.1 Å². The Morgan fingerprint density at radius 2 is 2.17 bits per heavy atom. The third-order valence-electron chi connectivity index (χ3n) is 4.22. The Kier molecular flexibility index (Phi) is 3.11. The molecular formula is C17H17N5O. The molecule has 3 aromatic rings. The molecule has 1 aromatic carbocycles. The highest BCUT2D eigenvalue weighted by Crippen LogP contribution is 2.38. The summed E-state index contributed by atoms with van der Waals surface area (Å²) in [5, 5.41) is 11.0. The van der Waals surface area contributed by atoms with Crippen molar-refractivity contribution in [2.24, 2.45) is 0 Å². The molecule has 1 aliphatic rings. The minimum atomic E-state index is -0.0569. The molecule has 3 heterocycles. The highest BCUT2D eigenvalue weighted by atomic mass is 16.1. The maximum absolute atomic E-state index is 12.1. The number of aromatic amines is 1. The van der Waals surface area contributed by atoms with Crippen LogP contribution in [0.2, 0.25) is 0 Å². The van der Waals surface area contributed by atoms with Gasteiger partial charge in [-0.25, -0.2) is 9.97 Å². The van der Waals surface area contributed by atoms with E-state index in [1.54, 1.807) is 12.4 Å². The summed E-state index contributed by atoms with van der Waals surface area (Å²) in [6.45, 7) is 4.13. The van der Waals surface area contributed by atoms with Gasteiger partial charge in [0.1, 0.15) is 5.82 Å². The van der Waals surface area contributed by atoms with E-state index in [1.165, 1.54) is 0 Å². The first-order valence-electron chi connectivity index (χ1n) is 7.71. The van der Waals surface area contributed by atoms with Crippen molar-refractivity contribution in [1.29, 1.82) is 0 Å². The molecule has 4 rings (SSSR count). The fourth-order valence-electron chi connectivity index (χ4n) is 3.03. The lowest BCUT2D eigenvalue weighted by molar-refractivity contribution is -0.116. The standard InChI is InChI=1S/C17H17N5O/c1-9(2)17-18-4-3-13(21-17)12-6-16(23)20-15-7-14-10(5-11(12)15)8-19-22-14/h3-5,7-9,12H,6H2,1-2H3,(H,19,22)(H,20,23)/t12-/m1/s1. The Labute approximate surface area is 133 Å². The fourth-order valence-corrected chi connectivity index (χ4v) is 3.03. The second kappa shape index (κ2) is 5.15. The fraction of sp³-hybridized carbons (Fsp3) is 0.294. The van der Waals surface area contributed by atoms with Crippen molar-refractivity contribution in [2.75, 3.05) is 5.32 Å². The number of hydrogen-bond donors (Lipinski definition) is 2. The van der Waals surface area contributed by atoms with Gasteiger partial charge in [0.2, 0.25) is 5.91 Å². The van der Waals surface area contributed by atoms with Gasteiger partial charge in [0.05, 0.1) is 17.4 Å². The molecule has 6 nitrogen and oxygen atoms in total. The van der Waals surface area contributed by atoms with Gasteiger partial charge < -0.3 is 5.32 Å². The van der Waals surface area contributed by atoms with Gasteiger partial charge in [-0.2, -0.15) is 5.10 Å². The van der Waals surface area contributed by atoms with Crippen molar-refractivity contribution in [3.63, 3.8) is 0 Å². The van der Waals surface area contributed by atoms with Gasteiger partial charge in [-0.1, -0.05) is 13.8 Å². The van der Waals surface area contributed by atoms with Gasteiger partial charge in [0.25, 0.3) is 0 Å². The summed E-state index contributed by atoms with van der Waals surface area (Å²) >= 11 is 0. The molecule has 0 radical (unpaired) electrons. The molecule has 0 saturated heterocycles. The second-order valence-corrected chi connectivity index (χ2v) is 6.20. The predicted molar refractivity (Wildman–Crippen MR) is 87.3 cm³/mol. The monoisotopic (exact) mass is 307 g/mol. The van der Waals surface area contributed by atoms with Crippen LogP contribution in [0.25, 0.3) is 10.9 Å². The van der Waals surface area contributed by atoms with Crippen molar-refractivity contribution < 1.29 is 4.79 Å². The molecule has 0 aliphatic carbocycles. The van der Waals surface area contributed by atoms with Crippen LogP contribution >= 0.6 is 0 Å². The van der Waals surface area contributed by atoms with Crippen LogP contribution in [0.15, 0.2) is 30.6 Å². The van der Waals surface area contributed by atoms with Crippen LogP contribution in [0.5, 0.6) is 0 Å². The Balaban J connectivity index is 1.86. The van der Waals surface area contributed by atoms with Gasteiger partial charge in [0, 0.05) is 35.5 Å². The van der Waals surface area contributed by atoms with E-state index in [0.717, 1.165) is 33.7 Å². The van der Waals surface area contributed by atoms with Gasteiger partial charge in [0.15, 0.2) is 0 Å². The number of hydrogen-bond acceptors (Lipinski definition) is 4. The summed E-state index contributed by atoms with van der Waals surface area (Å²) in [7, 11) is 0. The van der Waals surface area contributed by atoms with E-state index in [4.69, 9.17) is 0 Å². The Morgan fingerprint density at radius 1 is 1.30 bits per heavy atom. The van der Waals surface area contributed by atoms with E-state index in [2.05, 4.69) is 45.4 Å². The maximum Gasteiger partial charge on any atom is 0.225 e. The average Bonchev–Trinajstić information content (AvgIpc) is 2.99. The molecule has 116 valence electrons. The van der Waals surface area contributed by atoms with E-state index in [-0.39, 0.29) is 17.7 Å². The minimum Gasteiger partial charge on any atom is -0.326 e. The first-order chi connectivity index (χ1) is 11.1. The van der Waals surface area contributed by atoms with E-state index in [1.807, 2.05) is 12.1 Å². The molecule has 0 spiro atoms. The zero-order chi connectivity index (χ0) is 16.0. The number of H-pyrrole nitrogens is 1. The number of anilines is 1. The summed E-state index contributed by atoms with van der Waals surface area (Å²) in [6.07, 6.45) is 3.97. The number of aromatic nitrogens is 4. The topological polar surface area (TPSA) is 83.6 Å². The molecule has 1 atom stereocenters. The van der Waals surface area contributed by atoms with Crippen LogP contribution in [0.4, 0.5) is 5.69 Å². The molecule has 23 heavy (non-hydrogen) atoms. The molecule has 1 amide bonds. The molecule has 2 aromatic heterocycles. The van der Waals surface area contributed by atoms with Crippen LogP contribution in [-0.2, 0) is 4.79 Å². The quantitative estimate of drug-likeness (QED) is 0.762. The molecule has 2 N–H and O–H groups in total. The number of fused-ring (bicyclic) bond motifs is 2. The summed E-state index contributed by atoms with van der Waals surface area (Å²) < 4.78 is 0. The summed E-state index contributed by atoms with van der Waals surface area (Å²) in [5.74, 6) is 1.01. The lowest BCUT2D eigenvalue weighted by Crippen LogP contribution is -2.24. The third kappa shape index (κ3) is 2.36. The molecular weight excluding hydrogens is 290 g/mol. The number of benzene rings is 1. The maximum atomic E-state index is 12.1. The summed E-state index contributed by atoms with van der Waals surface area (Å²) in [5.41, 5.74) is 3.71. The lowest BCUT2D eigenvalue weighted by Gasteiger charge is -2.25. The molecule has 0 bridgehead atoms. The van der Waals surface area contributed by atoms with Crippen molar-refractivity contribution in [1.82, 2.24) is 20.2 Å². The Bertz CT molecular complexity index is 899. The van der Waals surface area contributed by atoms with E-state index in [9.17, 15) is 4.79 Å². The Hall–Kier alpha value is -2.76. The molecule has 6 heteroatoms. The number of nitrogens with one attached hydrogen (secondary N) is 2. The van der Waals surface area contributed by atoms with Crippen LogP contribution in [0.3, 0.4) is 0 Å². The smallest absolute Gasteiger partial charge is 0.225 e. The van der Waals surface area contributed by atoms with Gasteiger partial charge >= 0.3 is 0 Å². The number of rotatable bonds is 2. The highest BCUT2D eigenvalue weighted by molar-refractivity contribution is 5.98. The van der Waals surface area contributed by atoms with Crippen molar-refractivity contribution in [3.8, 4) is 0 Å². The SMILES string of the molecule is CC(C)c1nccc([C@@H]2CC(=O)Nc3cc4[nH]ncc4cc32)n1. The first-order valence-corrected chi connectivity index (χ1v) is 7.71. The molecule has 0 unspecified atom stereocenters. The number of amides is 1. The summed E-state index contributed by atoms with van der Waals surface area (Å²) in [4.78, 5) is 21.1. The van der Waals surface area contributed by atoms with Crippen molar-refractivity contribution in [3.05, 3.63) is 47.7 Å². The minimum absolute atomic E-state index is 0.00562. The van der Waals surface area contributed by atoms with Gasteiger partial charge in [-0.05, 0) is 23.8 Å². The lowest BCUT2D eigenvalue weighted by atomic mass is 9.87. The number of nitrogens with zero attached hydrogens (tertiary/aromatic N) is 3. The van der Waals surface area contributed by atoms with E-state index >= 15 is 0 Å². The van der Waals surface area contributed by atoms with Crippen LogP contribution < -0.4 is 5.32 Å². The molecule has 0 fully saturated rings. The van der Waals surface area contributed by atoms with E-state index < -0.39 is 0 Å². The van der Waals surface area contributed by atoms with Crippen molar-refractivity contribution in [2.45, 2.75) is 32.1 Å². The highest BCUT2D eigenvalue weighted by Gasteiger charge is 2.28. The van der Waals surface area contributed by atoms with Crippen LogP contribution in [0, 0.1) is 0 Å². The van der Waals surface area contributed by atoms with E-state index in [0.29, 0.717) is 6.42 Å².